The lowest BCUT2D eigenvalue weighted by molar-refractivity contribution is 0.217. The normalized spacial score (nSPS) is 16.1. The molecule has 82 valence electrons. The number of unbranched alkanes of at least 4 members (excludes halogenated alkanes) is 1. The Morgan fingerprint density at radius 3 is 2.93 bits per heavy atom. The summed E-state index contributed by atoms with van der Waals surface area (Å²) in [6, 6.07) is 0.0437. The summed E-state index contributed by atoms with van der Waals surface area (Å²) < 4.78 is 0. The first-order valence-electron chi connectivity index (χ1n) is 5.19. The molecule has 1 rings (SSSR count). The van der Waals surface area contributed by atoms with E-state index in [0.717, 1.165) is 45.6 Å². The van der Waals surface area contributed by atoms with Crippen molar-refractivity contribution in [3.63, 3.8) is 0 Å². The van der Waals surface area contributed by atoms with E-state index in [9.17, 15) is 4.79 Å². The minimum Gasteiger partial charge on any atom is -0.396 e. The molecule has 1 aliphatic heterocycles. The number of carbonyl (C=O) groups excluding carboxylic acids is 1. The van der Waals surface area contributed by atoms with Crippen LogP contribution in [0.2, 0.25) is 0 Å². The Hall–Kier alpha value is -0.810. The minimum atomic E-state index is 0.0437. The Bertz CT molecular complexity index is 175. The Kier molecular flexibility index (Phi) is 5.32. The fourth-order valence-electron chi connectivity index (χ4n) is 1.43. The molecule has 0 aromatic rings. The maximum atomic E-state index is 11.1. The summed E-state index contributed by atoms with van der Waals surface area (Å²) in [6.45, 7) is 4.36. The molecule has 5 nitrogen and oxygen atoms in total. The number of hydrogen-bond acceptors (Lipinski definition) is 3. The number of nitrogens with one attached hydrogen (secondary N) is 2. The van der Waals surface area contributed by atoms with Gasteiger partial charge >= 0.3 is 6.03 Å². The average Bonchev–Trinajstić information content (AvgIpc) is 2.58. The fraction of sp³-hybridized carbons (Fsp3) is 0.889. The molecule has 3 N–H and O–H groups in total. The van der Waals surface area contributed by atoms with Crippen molar-refractivity contribution in [2.45, 2.75) is 12.8 Å². The average molecular weight is 201 g/mol. The van der Waals surface area contributed by atoms with Gasteiger partial charge in [-0.25, -0.2) is 4.79 Å². The van der Waals surface area contributed by atoms with Crippen LogP contribution in [0.25, 0.3) is 0 Å². The van der Waals surface area contributed by atoms with Gasteiger partial charge in [-0.3, -0.25) is 0 Å². The summed E-state index contributed by atoms with van der Waals surface area (Å²) >= 11 is 0. The summed E-state index contributed by atoms with van der Waals surface area (Å²) in [5.74, 6) is 0. The number of hydrogen-bond donors (Lipinski definition) is 3. The lowest BCUT2D eigenvalue weighted by Gasteiger charge is -2.13. The quantitative estimate of drug-likeness (QED) is 0.481. The number of carbonyl (C=O) groups is 1. The Morgan fingerprint density at radius 1 is 1.43 bits per heavy atom. The number of aliphatic hydroxyl groups is 1. The van der Waals surface area contributed by atoms with Crippen molar-refractivity contribution in [1.82, 2.24) is 15.5 Å². The highest BCUT2D eigenvalue weighted by Crippen LogP contribution is 1.94. The Balaban J connectivity index is 1.90. The van der Waals surface area contributed by atoms with E-state index in [1.165, 1.54) is 0 Å². The van der Waals surface area contributed by atoms with E-state index in [0.29, 0.717) is 0 Å². The topological polar surface area (TPSA) is 64.6 Å². The van der Waals surface area contributed by atoms with Crippen LogP contribution in [0.1, 0.15) is 12.8 Å². The molecule has 1 fully saturated rings. The van der Waals surface area contributed by atoms with E-state index < -0.39 is 0 Å². The zero-order chi connectivity index (χ0) is 10.2. The molecular weight excluding hydrogens is 182 g/mol. The first kappa shape index (κ1) is 11.3. The molecule has 1 aliphatic rings. The van der Waals surface area contributed by atoms with E-state index >= 15 is 0 Å². The van der Waals surface area contributed by atoms with Gasteiger partial charge in [-0.15, -0.1) is 0 Å². The van der Waals surface area contributed by atoms with E-state index in [-0.39, 0.29) is 12.6 Å². The third-order valence-electron chi connectivity index (χ3n) is 2.27. The van der Waals surface area contributed by atoms with Crippen LogP contribution < -0.4 is 10.6 Å². The number of nitrogens with zero attached hydrogens (tertiary/aromatic N) is 1. The molecule has 0 aliphatic carbocycles. The third kappa shape index (κ3) is 3.93. The Morgan fingerprint density at radius 2 is 2.29 bits per heavy atom. The maximum Gasteiger partial charge on any atom is 0.317 e. The second kappa shape index (κ2) is 6.62. The van der Waals surface area contributed by atoms with Crippen molar-refractivity contribution in [2.24, 2.45) is 0 Å². The molecule has 5 heteroatoms. The van der Waals surface area contributed by atoms with Gasteiger partial charge in [0.25, 0.3) is 0 Å². The lowest BCUT2D eigenvalue weighted by Crippen LogP contribution is -2.34. The van der Waals surface area contributed by atoms with Gasteiger partial charge in [0.05, 0.1) is 0 Å². The molecule has 0 spiro atoms. The second-order valence-electron chi connectivity index (χ2n) is 3.40. The fourth-order valence-corrected chi connectivity index (χ4v) is 1.43. The van der Waals surface area contributed by atoms with Crippen molar-refractivity contribution in [3.05, 3.63) is 0 Å². The summed E-state index contributed by atoms with van der Waals surface area (Å²) in [4.78, 5) is 12.9. The van der Waals surface area contributed by atoms with Crippen LogP contribution in [0.5, 0.6) is 0 Å². The highest BCUT2D eigenvalue weighted by molar-refractivity contribution is 5.76. The molecule has 1 heterocycles. The van der Waals surface area contributed by atoms with Gasteiger partial charge in [-0.2, -0.15) is 0 Å². The standard InChI is InChI=1S/C9H19N3O2/c13-8-2-1-3-10-4-6-12-7-5-11-9(12)14/h10,13H,1-8H2,(H,11,14). The summed E-state index contributed by atoms with van der Waals surface area (Å²) in [7, 11) is 0. The molecule has 0 unspecified atom stereocenters. The van der Waals surface area contributed by atoms with Crippen LogP contribution in [0.4, 0.5) is 4.79 Å². The molecule has 0 atom stereocenters. The third-order valence-corrected chi connectivity index (χ3v) is 2.27. The Labute approximate surface area is 84.5 Å². The lowest BCUT2D eigenvalue weighted by atomic mass is 10.3. The molecule has 2 amide bonds. The van der Waals surface area contributed by atoms with Crippen molar-refractivity contribution in [1.29, 1.82) is 0 Å². The van der Waals surface area contributed by atoms with Crippen LogP contribution in [-0.2, 0) is 0 Å². The number of aliphatic hydroxyl groups excluding tert-OH is 1. The van der Waals surface area contributed by atoms with Gasteiger partial charge in [0.1, 0.15) is 0 Å². The summed E-state index contributed by atoms with van der Waals surface area (Å²) in [5.41, 5.74) is 0. The molecule has 0 bridgehead atoms. The van der Waals surface area contributed by atoms with Gasteiger partial charge in [-0.1, -0.05) is 0 Å². The van der Waals surface area contributed by atoms with E-state index in [1.807, 2.05) is 0 Å². The molecule has 1 saturated heterocycles. The minimum absolute atomic E-state index is 0.0437. The van der Waals surface area contributed by atoms with Crippen molar-refractivity contribution < 1.29 is 9.90 Å². The maximum absolute atomic E-state index is 11.1. The van der Waals surface area contributed by atoms with Gasteiger partial charge < -0.3 is 20.6 Å². The van der Waals surface area contributed by atoms with Crippen LogP contribution in [-0.4, -0.2) is 55.4 Å². The largest absolute Gasteiger partial charge is 0.396 e. The van der Waals surface area contributed by atoms with Crippen LogP contribution in [0.3, 0.4) is 0 Å². The predicted octanol–water partition coefficient (Wildman–Crippen LogP) is -0.626. The van der Waals surface area contributed by atoms with E-state index in [4.69, 9.17) is 5.11 Å². The predicted molar refractivity (Wildman–Crippen MR) is 54.2 cm³/mol. The summed E-state index contributed by atoms with van der Waals surface area (Å²) in [5, 5.41) is 14.5. The van der Waals surface area contributed by atoms with Gasteiger partial charge in [0, 0.05) is 32.8 Å². The SMILES string of the molecule is O=C1NCCN1CCNCCCCO. The zero-order valence-corrected chi connectivity index (χ0v) is 8.46. The number of urea groups is 1. The zero-order valence-electron chi connectivity index (χ0n) is 8.46. The van der Waals surface area contributed by atoms with Gasteiger partial charge in [0.2, 0.25) is 0 Å². The number of rotatable bonds is 7. The first-order valence-corrected chi connectivity index (χ1v) is 5.19. The molecular formula is C9H19N3O2. The van der Waals surface area contributed by atoms with Gasteiger partial charge in [0.15, 0.2) is 0 Å². The van der Waals surface area contributed by atoms with Crippen LogP contribution in [0, 0.1) is 0 Å². The monoisotopic (exact) mass is 201 g/mol. The molecule has 14 heavy (non-hydrogen) atoms. The summed E-state index contributed by atoms with van der Waals surface area (Å²) in [6.07, 6.45) is 1.83. The van der Waals surface area contributed by atoms with Crippen molar-refractivity contribution >= 4 is 6.03 Å². The first-order chi connectivity index (χ1) is 6.84. The molecule has 0 aromatic carbocycles. The molecule has 0 radical (unpaired) electrons. The molecule has 0 saturated carbocycles. The van der Waals surface area contributed by atoms with Gasteiger partial charge in [-0.05, 0) is 19.4 Å². The smallest absolute Gasteiger partial charge is 0.317 e. The van der Waals surface area contributed by atoms with E-state index in [2.05, 4.69) is 10.6 Å². The highest BCUT2D eigenvalue weighted by atomic mass is 16.2. The van der Waals surface area contributed by atoms with Crippen molar-refractivity contribution in [2.75, 3.05) is 39.3 Å². The molecule has 0 aromatic heterocycles. The van der Waals surface area contributed by atoms with E-state index in [1.54, 1.807) is 4.90 Å². The number of amides is 2. The van der Waals surface area contributed by atoms with Crippen molar-refractivity contribution in [3.8, 4) is 0 Å². The van der Waals surface area contributed by atoms with Crippen LogP contribution in [0.15, 0.2) is 0 Å². The second-order valence-corrected chi connectivity index (χ2v) is 3.40. The van der Waals surface area contributed by atoms with Crippen LogP contribution >= 0.6 is 0 Å². The highest BCUT2D eigenvalue weighted by Gasteiger charge is 2.17.